The Labute approximate surface area is 124 Å². The van der Waals surface area contributed by atoms with Crippen LogP contribution >= 0.6 is 0 Å². The van der Waals surface area contributed by atoms with Crippen LogP contribution in [0, 0.1) is 0 Å². The fraction of sp³-hybridized carbons (Fsp3) is 0.533. The fourth-order valence-corrected chi connectivity index (χ4v) is 2.94. The number of benzene rings is 1. The van der Waals surface area contributed by atoms with Crippen LogP contribution in [0.4, 0.5) is 0 Å². The second-order valence-corrected chi connectivity index (χ2v) is 5.53. The van der Waals surface area contributed by atoms with E-state index < -0.39 is 5.54 Å². The van der Waals surface area contributed by atoms with Crippen LogP contribution in [-0.4, -0.2) is 50.2 Å². The van der Waals surface area contributed by atoms with Crippen molar-refractivity contribution in [3.8, 4) is 11.5 Å². The maximum absolute atomic E-state index is 12.2. The Morgan fingerprint density at radius 3 is 2.57 bits per heavy atom. The molecular weight excluding hydrogens is 270 g/mol. The van der Waals surface area contributed by atoms with E-state index >= 15 is 0 Å². The molecule has 0 spiro atoms. The Morgan fingerprint density at radius 2 is 1.90 bits per heavy atom. The highest BCUT2D eigenvalue weighted by Gasteiger charge is 2.40. The summed E-state index contributed by atoms with van der Waals surface area (Å²) in [5, 5.41) is 3.29. The standard InChI is InChI=1S/C15H21N3O3/c1-15(14(16)19,18-6-4-17-5-7-18)11-2-3-12-13(10-11)21-9-8-20-12/h2-3,10,17H,4-9H2,1H3,(H2,16,19). The average Bonchev–Trinajstić information content (AvgIpc) is 2.54. The number of carbonyl (C=O) groups excluding carboxylic acids is 1. The van der Waals surface area contributed by atoms with E-state index in [1.54, 1.807) is 0 Å². The van der Waals surface area contributed by atoms with Gasteiger partial charge in [-0.25, -0.2) is 0 Å². The van der Waals surface area contributed by atoms with Crippen molar-refractivity contribution >= 4 is 5.91 Å². The molecule has 2 aliphatic heterocycles. The molecule has 1 saturated heterocycles. The van der Waals surface area contributed by atoms with Gasteiger partial charge in [0.05, 0.1) is 0 Å². The minimum atomic E-state index is -0.835. The van der Waals surface area contributed by atoms with Crippen LogP contribution in [0.3, 0.4) is 0 Å². The van der Waals surface area contributed by atoms with Gasteiger partial charge in [0.2, 0.25) is 5.91 Å². The van der Waals surface area contributed by atoms with Gasteiger partial charge in [0.1, 0.15) is 18.8 Å². The van der Waals surface area contributed by atoms with Gasteiger partial charge in [0.25, 0.3) is 0 Å². The summed E-state index contributed by atoms with van der Waals surface area (Å²) in [4.78, 5) is 14.3. The van der Waals surface area contributed by atoms with E-state index in [2.05, 4.69) is 10.2 Å². The van der Waals surface area contributed by atoms with Gasteiger partial charge in [-0.3, -0.25) is 9.69 Å². The molecule has 0 aliphatic carbocycles. The summed E-state index contributed by atoms with van der Waals surface area (Å²) in [6, 6.07) is 5.63. The van der Waals surface area contributed by atoms with Gasteiger partial charge in [-0.2, -0.15) is 0 Å². The smallest absolute Gasteiger partial charge is 0.242 e. The summed E-state index contributed by atoms with van der Waals surface area (Å²) in [6.45, 7) is 6.24. The number of piperazine rings is 1. The van der Waals surface area contributed by atoms with E-state index in [0.29, 0.717) is 19.0 Å². The van der Waals surface area contributed by atoms with E-state index in [0.717, 1.165) is 37.5 Å². The van der Waals surface area contributed by atoms with Gasteiger partial charge in [-0.1, -0.05) is 6.07 Å². The van der Waals surface area contributed by atoms with Crippen molar-refractivity contribution in [3.63, 3.8) is 0 Å². The van der Waals surface area contributed by atoms with Crippen LogP contribution in [-0.2, 0) is 10.3 Å². The third-order valence-electron chi connectivity index (χ3n) is 4.33. The number of primary amides is 1. The molecule has 1 aromatic carbocycles. The van der Waals surface area contributed by atoms with Gasteiger partial charge < -0.3 is 20.5 Å². The van der Waals surface area contributed by atoms with Gasteiger partial charge >= 0.3 is 0 Å². The molecule has 6 nitrogen and oxygen atoms in total. The second-order valence-electron chi connectivity index (χ2n) is 5.53. The largest absolute Gasteiger partial charge is 0.486 e. The van der Waals surface area contributed by atoms with Crippen molar-refractivity contribution in [2.24, 2.45) is 5.73 Å². The molecule has 114 valence electrons. The lowest BCUT2D eigenvalue weighted by Gasteiger charge is -2.41. The van der Waals surface area contributed by atoms with Crippen LogP contribution in [0.25, 0.3) is 0 Å². The van der Waals surface area contributed by atoms with Crippen molar-refractivity contribution in [2.45, 2.75) is 12.5 Å². The Morgan fingerprint density at radius 1 is 1.24 bits per heavy atom. The summed E-state index contributed by atoms with van der Waals surface area (Å²) in [5.41, 5.74) is 5.75. The number of carbonyl (C=O) groups is 1. The maximum Gasteiger partial charge on any atom is 0.242 e. The first-order chi connectivity index (χ1) is 10.1. The number of hydrogen-bond acceptors (Lipinski definition) is 5. The molecule has 0 aromatic heterocycles. The topological polar surface area (TPSA) is 76.8 Å². The molecule has 2 aliphatic rings. The van der Waals surface area contributed by atoms with Gasteiger partial charge in [-0.05, 0) is 24.6 Å². The van der Waals surface area contributed by atoms with Crippen LogP contribution in [0.1, 0.15) is 12.5 Å². The first kappa shape index (κ1) is 14.2. The summed E-state index contributed by atoms with van der Waals surface area (Å²) in [5.74, 6) is 1.06. The molecule has 0 bridgehead atoms. The van der Waals surface area contributed by atoms with Crippen LogP contribution in [0.15, 0.2) is 18.2 Å². The number of amides is 1. The first-order valence-electron chi connectivity index (χ1n) is 7.28. The Bertz CT molecular complexity index is 543. The molecule has 3 N–H and O–H groups in total. The summed E-state index contributed by atoms with van der Waals surface area (Å²) in [7, 11) is 0. The number of fused-ring (bicyclic) bond motifs is 1. The zero-order valence-corrected chi connectivity index (χ0v) is 12.2. The zero-order chi connectivity index (χ0) is 14.9. The predicted molar refractivity (Wildman–Crippen MR) is 78.4 cm³/mol. The van der Waals surface area contributed by atoms with Gasteiger partial charge in [0, 0.05) is 26.2 Å². The molecule has 6 heteroatoms. The number of nitrogens with one attached hydrogen (secondary N) is 1. The SMILES string of the molecule is CC(C(N)=O)(c1ccc2c(c1)OCCO2)N1CCNCC1. The Kier molecular flexibility index (Phi) is 3.73. The van der Waals surface area contributed by atoms with Crippen molar-refractivity contribution < 1.29 is 14.3 Å². The Hall–Kier alpha value is -1.79. The lowest BCUT2D eigenvalue weighted by atomic mass is 9.88. The van der Waals surface area contributed by atoms with Crippen molar-refractivity contribution in [1.82, 2.24) is 10.2 Å². The highest BCUT2D eigenvalue weighted by Crippen LogP contribution is 2.36. The fourth-order valence-electron chi connectivity index (χ4n) is 2.94. The molecule has 0 radical (unpaired) electrons. The quantitative estimate of drug-likeness (QED) is 0.824. The summed E-state index contributed by atoms with van der Waals surface area (Å²) < 4.78 is 11.2. The highest BCUT2D eigenvalue weighted by molar-refractivity contribution is 5.86. The van der Waals surface area contributed by atoms with Gasteiger partial charge in [0.15, 0.2) is 11.5 Å². The van der Waals surface area contributed by atoms with E-state index in [1.807, 2.05) is 25.1 Å². The molecule has 3 rings (SSSR count). The molecule has 1 amide bonds. The summed E-state index contributed by atoms with van der Waals surface area (Å²) in [6.07, 6.45) is 0. The predicted octanol–water partition coefficient (Wildman–Crippen LogP) is 0.0635. The van der Waals surface area contributed by atoms with E-state index in [9.17, 15) is 4.79 Å². The van der Waals surface area contributed by atoms with Crippen molar-refractivity contribution in [1.29, 1.82) is 0 Å². The van der Waals surface area contributed by atoms with E-state index in [-0.39, 0.29) is 5.91 Å². The average molecular weight is 291 g/mol. The lowest BCUT2D eigenvalue weighted by molar-refractivity contribution is -0.130. The van der Waals surface area contributed by atoms with Crippen LogP contribution in [0.2, 0.25) is 0 Å². The highest BCUT2D eigenvalue weighted by atomic mass is 16.6. The third-order valence-corrected chi connectivity index (χ3v) is 4.33. The maximum atomic E-state index is 12.2. The number of nitrogens with two attached hydrogens (primary N) is 1. The van der Waals surface area contributed by atoms with E-state index in [1.165, 1.54) is 0 Å². The minimum Gasteiger partial charge on any atom is -0.486 e. The third kappa shape index (κ3) is 2.45. The normalized spacial score (nSPS) is 21.6. The second kappa shape index (κ2) is 5.54. The van der Waals surface area contributed by atoms with Crippen LogP contribution in [0.5, 0.6) is 11.5 Å². The number of rotatable bonds is 3. The zero-order valence-electron chi connectivity index (χ0n) is 12.2. The molecular formula is C15H21N3O3. The molecule has 1 aromatic rings. The first-order valence-corrected chi connectivity index (χ1v) is 7.28. The summed E-state index contributed by atoms with van der Waals surface area (Å²) >= 11 is 0. The van der Waals surface area contributed by atoms with Crippen LogP contribution < -0.4 is 20.5 Å². The van der Waals surface area contributed by atoms with Crippen molar-refractivity contribution in [3.05, 3.63) is 23.8 Å². The number of nitrogens with zero attached hydrogens (tertiary/aromatic N) is 1. The van der Waals surface area contributed by atoms with Gasteiger partial charge in [-0.15, -0.1) is 0 Å². The number of hydrogen-bond donors (Lipinski definition) is 2. The molecule has 2 heterocycles. The monoisotopic (exact) mass is 291 g/mol. The molecule has 1 fully saturated rings. The van der Waals surface area contributed by atoms with Crippen molar-refractivity contribution in [2.75, 3.05) is 39.4 Å². The molecule has 0 saturated carbocycles. The molecule has 1 atom stereocenters. The lowest BCUT2D eigenvalue weighted by Crippen LogP contribution is -2.58. The molecule has 21 heavy (non-hydrogen) atoms. The Balaban J connectivity index is 1.98. The molecule has 1 unspecified atom stereocenters. The number of ether oxygens (including phenoxy) is 2. The van der Waals surface area contributed by atoms with E-state index in [4.69, 9.17) is 15.2 Å². The minimum absolute atomic E-state index is 0.346.